The summed E-state index contributed by atoms with van der Waals surface area (Å²) in [6, 6.07) is 0. The molecule has 0 aliphatic carbocycles. The molecule has 0 aromatic heterocycles. The van der Waals surface area contributed by atoms with Crippen molar-refractivity contribution in [1.82, 2.24) is 5.32 Å². The maximum Gasteiger partial charge on any atom is 0.320 e. The van der Waals surface area contributed by atoms with E-state index in [0.29, 0.717) is 6.41 Å². The molecular weight excluding hydrogens is 250 g/mol. The summed E-state index contributed by atoms with van der Waals surface area (Å²) in [5.74, 6) is -2.16. The molecule has 0 aliphatic heterocycles. The minimum Gasteiger partial charge on any atom is -0.468 e. The van der Waals surface area contributed by atoms with Crippen LogP contribution >= 0.6 is 0 Å². The van der Waals surface area contributed by atoms with Crippen LogP contribution in [0.15, 0.2) is 0 Å². The van der Waals surface area contributed by atoms with Crippen molar-refractivity contribution in [2.24, 2.45) is 0 Å². The summed E-state index contributed by atoms with van der Waals surface area (Å²) in [4.78, 5) is 20.9. The Morgan fingerprint density at radius 2 is 2.00 bits per heavy atom. The van der Waals surface area contributed by atoms with E-state index in [1.807, 2.05) is 0 Å². The first-order chi connectivity index (χ1) is 7.72. The van der Waals surface area contributed by atoms with Crippen LogP contribution in [-0.4, -0.2) is 51.7 Å². The zero-order chi connectivity index (χ0) is 13.5. The van der Waals surface area contributed by atoms with E-state index in [1.54, 1.807) is 13.8 Å². The van der Waals surface area contributed by atoms with Crippen molar-refractivity contribution in [3.63, 3.8) is 0 Å². The van der Waals surface area contributed by atoms with Gasteiger partial charge >= 0.3 is 5.97 Å². The number of methoxy groups -OCH3 is 1. The molecule has 100 valence electrons. The van der Waals surface area contributed by atoms with Gasteiger partial charge < -0.3 is 14.8 Å². The predicted octanol–water partition coefficient (Wildman–Crippen LogP) is -0.927. The fourth-order valence-electron chi connectivity index (χ4n) is 0.868. The highest BCUT2D eigenvalue weighted by atomic mass is 32.2. The van der Waals surface area contributed by atoms with E-state index in [1.165, 1.54) is 0 Å². The Labute approximate surface area is 100 Å². The molecule has 0 rings (SSSR count). The lowest BCUT2D eigenvalue weighted by Gasteiger charge is -2.24. The molecule has 7 nitrogen and oxygen atoms in total. The smallest absolute Gasteiger partial charge is 0.320 e. The van der Waals surface area contributed by atoms with Crippen molar-refractivity contribution in [1.29, 1.82) is 0 Å². The summed E-state index contributed by atoms with van der Waals surface area (Å²) in [6.07, 6.45) is 0.494. The van der Waals surface area contributed by atoms with Gasteiger partial charge in [0.1, 0.15) is 5.94 Å². The second-order valence-electron chi connectivity index (χ2n) is 3.98. The number of rotatable bonds is 8. The molecule has 8 heteroatoms. The number of esters is 1. The Hall–Kier alpha value is -1.15. The van der Waals surface area contributed by atoms with Crippen LogP contribution < -0.4 is 5.32 Å². The van der Waals surface area contributed by atoms with Crippen molar-refractivity contribution in [3.05, 3.63) is 0 Å². The van der Waals surface area contributed by atoms with E-state index < -0.39 is 33.1 Å². The number of hydrogen-bond acceptors (Lipinski definition) is 6. The van der Waals surface area contributed by atoms with Crippen molar-refractivity contribution in [2.75, 3.05) is 25.3 Å². The molecule has 0 saturated carbocycles. The van der Waals surface area contributed by atoms with Crippen LogP contribution in [0.2, 0.25) is 0 Å². The van der Waals surface area contributed by atoms with Crippen molar-refractivity contribution < 1.29 is 27.5 Å². The van der Waals surface area contributed by atoms with E-state index in [-0.39, 0.29) is 6.54 Å². The fraction of sp³-hybridized carbons (Fsp3) is 0.778. The Morgan fingerprint density at radius 1 is 1.41 bits per heavy atom. The molecule has 0 bridgehead atoms. The number of nitrogens with one attached hydrogen (secondary N) is 1. The number of carbonyl (C=O) groups is 2. The van der Waals surface area contributed by atoms with E-state index in [0.717, 1.165) is 7.11 Å². The van der Waals surface area contributed by atoms with Crippen LogP contribution in [0.25, 0.3) is 0 Å². The van der Waals surface area contributed by atoms with Crippen LogP contribution in [-0.2, 0) is 28.9 Å². The van der Waals surface area contributed by atoms with Gasteiger partial charge in [0.15, 0.2) is 15.6 Å². The van der Waals surface area contributed by atoms with Crippen molar-refractivity contribution >= 4 is 22.2 Å². The van der Waals surface area contributed by atoms with Crippen LogP contribution in [0.1, 0.15) is 13.8 Å². The van der Waals surface area contributed by atoms with Crippen LogP contribution in [0.4, 0.5) is 0 Å². The molecule has 0 saturated heterocycles. The molecule has 1 amide bonds. The van der Waals surface area contributed by atoms with Gasteiger partial charge in [-0.05, 0) is 13.8 Å². The quantitative estimate of drug-likeness (QED) is 0.451. The standard InChI is InChI=1S/C9H17NO6S/c1-9(2,5-10-6-11)16-7-17(13,14)4-8(12)15-3/h6H,4-5,7H2,1-3H3,(H,10,11). The Balaban J connectivity index is 4.25. The van der Waals surface area contributed by atoms with Crippen LogP contribution in [0.3, 0.4) is 0 Å². The van der Waals surface area contributed by atoms with Gasteiger partial charge in [0.05, 0.1) is 12.7 Å². The summed E-state index contributed by atoms with van der Waals surface area (Å²) in [5, 5.41) is 2.38. The highest BCUT2D eigenvalue weighted by Gasteiger charge is 2.24. The lowest BCUT2D eigenvalue weighted by molar-refractivity contribution is -0.137. The van der Waals surface area contributed by atoms with Crippen molar-refractivity contribution in [2.45, 2.75) is 19.4 Å². The topological polar surface area (TPSA) is 98.8 Å². The van der Waals surface area contributed by atoms with E-state index in [9.17, 15) is 18.0 Å². The lowest BCUT2D eigenvalue weighted by atomic mass is 10.1. The molecule has 0 aliphatic rings. The average molecular weight is 267 g/mol. The largest absolute Gasteiger partial charge is 0.468 e. The van der Waals surface area contributed by atoms with Gasteiger partial charge in [0.2, 0.25) is 6.41 Å². The van der Waals surface area contributed by atoms with E-state index in [2.05, 4.69) is 10.1 Å². The zero-order valence-corrected chi connectivity index (χ0v) is 10.9. The highest BCUT2D eigenvalue weighted by Crippen LogP contribution is 2.09. The average Bonchev–Trinajstić information content (AvgIpc) is 2.23. The zero-order valence-electron chi connectivity index (χ0n) is 10.1. The number of amides is 1. The molecule has 0 radical (unpaired) electrons. The number of ether oxygens (including phenoxy) is 2. The minimum absolute atomic E-state index is 0.171. The molecule has 0 fully saturated rings. The van der Waals surface area contributed by atoms with Gasteiger partial charge in [-0.2, -0.15) is 0 Å². The third-order valence-corrected chi connectivity index (χ3v) is 2.96. The van der Waals surface area contributed by atoms with Gasteiger partial charge in [-0.25, -0.2) is 8.42 Å². The number of carbonyl (C=O) groups excluding carboxylic acids is 2. The molecular formula is C9H17NO6S. The normalized spacial score (nSPS) is 11.9. The second-order valence-corrected chi connectivity index (χ2v) is 6.00. The van der Waals surface area contributed by atoms with Gasteiger partial charge in [0, 0.05) is 6.54 Å². The summed E-state index contributed by atoms with van der Waals surface area (Å²) in [5.41, 5.74) is -0.829. The second kappa shape index (κ2) is 6.55. The van der Waals surface area contributed by atoms with Gasteiger partial charge in [-0.1, -0.05) is 0 Å². The number of sulfone groups is 1. The Kier molecular flexibility index (Phi) is 6.11. The molecule has 0 atom stereocenters. The first kappa shape index (κ1) is 15.9. The van der Waals surface area contributed by atoms with Crippen molar-refractivity contribution in [3.8, 4) is 0 Å². The summed E-state index contributed by atoms with van der Waals surface area (Å²) in [7, 11) is -2.56. The molecule has 1 N–H and O–H groups in total. The first-order valence-electron chi connectivity index (χ1n) is 4.81. The minimum atomic E-state index is -3.66. The number of hydrogen-bond donors (Lipinski definition) is 1. The monoisotopic (exact) mass is 267 g/mol. The SMILES string of the molecule is COC(=O)CS(=O)(=O)COC(C)(C)CNC=O. The maximum absolute atomic E-state index is 11.4. The summed E-state index contributed by atoms with van der Waals surface area (Å²) in [6.45, 7) is 3.42. The molecule has 0 aromatic carbocycles. The van der Waals surface area contributed by atoms with E-state index >= 15 is 0 Å². The van der Waals surface area contributed by atoms with E-state index in [4.69, 9.17) is 4.74 Å². The molecule has 17 heavy (non-hydrogen) atoms. The maximum atomic E-state index is 11.4. The Morgan fingerprint density at radius 3 is 2.47 bits per heavy atom. The third kappa shape index (κ3) is 7.70. The molecule has 0 heterocycles. The third-order valence-electron chi connectivity index (χ3n) is 1.81. The van der Waals surface area contributed by atoms with Crippen LogP contribution in [0, 0.1) is 0 Å². The first-order valence-corrected chi connectivity index (χ1v) is 6.63. The fourth-order valence-corrected chi connectivity index (χ4v) is 1.93. The predicted molar refractivity (Wildman–Crippen MR) is 59.9 cm³/mol. The van der Waals surface area contributed by atoms with Gasteiger partial charge in [0.25, 0.3) is 0 Å². The summed E-state index contributed by atoms with van der Waals surface area (Å²) >= 11 is 0. The van der Waals surface area contributed by atoms with Crippen LogP contribution in [0.5, 0.6) is 0 Å². The van der Waals surface area contributed by atoms with Gasteiger partial charge in [-0.3, -0.25) is 9.59 Å². The molecule has 0 unspecified atom stereocenters. The lowest BCUT2D eigenvalue weighted by Crippen LogP contribution is -2.39. The van der Waals surface area contributed by atoms with Gasteiger partial charge in [-0.15, -0.1) is 0 Å². The molecule has 0 aromatic rings. The molecule has 0 spiro atoms. The highest BCUT2D eigenvalue weighted by molar-refractivity contribution is 7.91. The Bertz CT molecular complexity index is 362. The summed E-state index contributed by atoms with van der Waals surface area (Å²) < 4.78 is 32.2.